The van der Waals surface area contributed by atoms with Gasteiger partial charge in [0.05, 0.1) is 12.4 Å². The number of benzene rings is 1. The summed E-state index contributed by atoms with van der Waals surface area (Å²) in [7, 11) is 1.33. The van der Waals surface area contributed by atoms with Gasteiger partial charge in [-0.15, -0.1) is 11.8 Å². The molecule has 3 atom stereocenters. The number of methoxy groups -OCH3 is 1. The van der Waals surface area contributed by atoms with Crippen molar-refractivity contribution in [1.29, 1.82) is 0 Å². The van der Waals surface area contributed by atoms with E-state index in [9.17, 15) is 9.59 Å². The second-order valence-electron chi connectivity index (χ2n) is 5.11. The quantitative estimate of drug-likeness (QED) is 0.608. The van der Waals surface area contributed by atoms with Crippen LogP contribution in [-0.4, -0.2) is 30.3 Å². The summed E-state index contributed by atoms with van der Waals surface area (Å²) in [6.45, 7) is 5.69. The maximum absolute atomic E-state index is 12.3. The molecular weight excluding hydrogens is 322 g/mol. The van der Waals surface area contributed by atoms with Gasteiger partial charge in [-0.2, -0.15) is 0 Å². The predicted octanol–water partition coefficient (Wildman–Crippen LogP) is 3.52. The normalized spacial score (nSPS) is 14.8. The van der Waals surface area contributed by atoms with E-state index in [4.69, 9.17) is 16.3 Å². The standard InChI is InChI=1S/C16H22ClNO3S/c1-5-10(2)14(16(20)21-4)18-15(19)11(3)22-13-8-6-12(17)7-9-13/h6-11,14H,5H2,1-4H3,(H,18,19). The Labute approximate surface area is 140 Å². The molecule has 0 aliphatic heterocycles. The van der Waals surface area contributed by atoms with Gasteiger partial charge in [0.1, 0.15) is 6.04 Å². The molecule has 0 radical (unpaired) electrons. The molecule has 0 saturated heterocycles. The van der Waals surface area contributed by atoms with Crippen molar-refractivity contribution >= 4 is 35.2 Å². The molecule has 1 aromatic carbocycles. The summed E-state index contributed by atoms with van der Waals surface area (Å²) in [4.78, 5) is 25.1. The van der Waals surface area contributed by atoms with E-state index in [2.05, 4.69) is 5.32 Å². The van der Waals surface area contributed by atoms with Crippen molar-refractivity contribution < 1.29 is 14.3 Å². The van der Waals surface area contributed by atoms with Crippen molar-refractivity contribution in [2.24, 2.45) is 5.92 Å². The van der Waals surface area contributed by atoms with Crippen LogP contribution in [0.15, 0.2) is 29.2 Å². The number of carbonyl (C=O) groups is 2. The van der Waals surface area contributed by atoms with Crippen molar-refractivity contribution in [3.05, 3.63) is 29.3 Å². The molecule has 0 bridgehead atoms. The number of thioether (sulfide) groups is 1. The Morgan fingerprint density at radius 1 is 1.27 bits per heavy atom. The van der Waals surface area contributed by atoms with Crippen molar-refractivity contribution in [2.75, 3.05) is 7.11 Å². The molecule has 0 fully saturated rings. The number of amides is 1. The molecule has 0 aliphatic carbocycles. The first-order valence-electron chi connectivity index (χ1n) is 7.19. The lowest BCUT2D eigenvalue weighted by atomic mass is 9.99. The first kappa shape index (κ1) is 18.8. The molecule has 1 N–H and O–H groups in total. The smallest absolute Gasteiger partial charge is 0.328 e. The molecule has 1 amide bonds. The molecule has 0 saturated carbocycles. The zero-order valence-corrected chi connectivity index (χ0v) is 14.8. The Morgan fingerprint density at radius 2 is 1.86 bits per heavy atom. The van der Waals surface area contributed by atoms with E-state index in [0.29, 0.717) is 5.02 Å². The minimum absolute atomic E-state index is 0.0177. The molecule has 22 heavy (non-hydrogen) atoms. The lowest BCUT2D eigenvalue weighted by Crippen LogP contribution is -2.48. The minimum Gasteiger partial charge on any atom is -0.467 e. The first-order valence-corrected chi connectivity index (χ1v) is 8.45. The van der Waals surface area contributed by atoms with Gasteiger partial charge in [-0.05, 0) is 37.1 Å². The highest BCUT2D eigenvalue weighted by Crippen LogP contribution is 2.25. The monoisotopic (exact) mass is 343 g/mol. The van der Waals surface area contributed by atoms with Gasteiger partial charge in [0.15, 0.2) is 0 Å². The van der Waals surface area contributed by atoms with Crippen LogP contribution in [0.1, 0.15) is 27.2 Å². The lowest BCUT2D eigenvalue weighted by molar-refractivity contribution is -0.146. The summed E-state index contributed by atoms with van der Waals surface area (Å²) in [5.41, 5.74) is 0. The molecular formula is C16H22ClNO3S. The third-order valence-electron chi connectivity index (χ3n) is 3.46. The number of halogens is 1. The van der Waals surface area contributed by atoms with Crippen molar-refractivity contribution in [3.63, 3.8) is 0 Å². The molecule has 6 heteroatoms. The van der Waals surface area contributed by atoms with E-state index in [-0.39, 0.29) is 17.1 Å². The summed E-state index contributed by atoms with van der Waals surface area (Å²) >= 11 is 7.26. The van der Waals surface area contributed by atoms with Gasteiger partial charge in [-0.3, -0.25) is 4.79 Å². The highest BCUT2D eigenvalue weighted by molar-refractivity contribution is 8.00. The van der Waals surface area contributed by atoms with Crippen LogP contribution in [-0.2, 0) is 14.3 Å². The van der Waals surface area contributed by atoms with Crippen LogP contribution in [0.25, 0.3) is 0 Å². The molecule has 122 valence electrons. The molecule has 3 unspecified atom stereocenters. The Balaban J connectivity index is 2.68. The molecule has 0 aliphatic rings. The fourth-order valence-electron chi connectivity index (χ4n) is 1.84. The average molecular weight is 344 g/mol. The van der Waals surface area contributed by atoms with Crippen LogP contribution in [0.3, 0.4) is 0 Å². The summed E-state index contributed by atoms with van der Waals surface area (Å²) in [5, 5.41) is 3.12. The van der Waals surface area contributed by atoms with Gasteiger partial charge in [-0.25, -0.2) is 4.79 Å². The number of ether oxygens (including phenoxy) is 1. The largest absolute Gasteiger partial charge is 0.467 e. The molecule has 4 nitrogen and oxygen atoms in total. The Hall–Kier alpha value is -1.20. The van der Waals surface area contributed by atoms with Gasteiger partial charge >= 0.3 is 5.97 Å². The van der Waals surface area contributed by atoms with E-state index in [1.54, 1.807) is 19.1 Å². The molecule has 0 heterocycles. The molecule has 0 aromatic heterocycles. The van der Waals surface area contributed by atoms with Crippen LogP contribution in [0, 0.1) is 5.92 Å². The molecule has 0 spiro atoms. The Kier molecular flexibility index (Phi) is 7.76. The zero-order valence-electron chi connectivity index (χ0n) is 13.3. The molecule has 1 aromatic rings. The van der Waals surface area contributed by atoms with Crippen LogP contribution in [0.5, 0.6) is 0 Å². The topological polar surface area (TPSA) is 55.4 Å². The fraction of sp³-hybridized carbons (Fsp3) is 0.500. The zero-order chi connectivity index (χ0) is 16.7. The van der Waals surface area contributed by atoms with Gasteiger partial charge in [0.25, 0.3) is 0 Å². The van der Waals surface area contributed by atoms with Crippen LogP contribution >= 0.6 is 23.4 Å². The van der Waals surface area contributed by atoms with Gasteiger partial charge in [0, 0.05) is 9.92 Å². The first-order chi connectivity index (χ1) is 10.4. The summed E-state index contributed by atoms with van der Waals surface area (Å²) in [6, 6.07) is 6.68. The van der Waals surface area contributed by atoms with E-state index < -0.39 is 12.0 Å². The number of esters is 1. The number of hydrogen-bond donors (Lipinski definition) is 1. The van der Waals surface area contributed by atoms with Crippen LogP contribution < -0.4 is 5.32 Å². The van der Waals surface area contributed by atoms with E-state index in [1.165, 1.54) is 18.9 Å². The van der Waals surface area contributed by atoms with Gasteiger partial charge in [-0.1, -0.05) is 31.9 Å². The number of hydrogen-bond acceptors (Lipinski definition) is 4. The number of nitrogens with one attached hydrogen (secondary N) is 1. The summed E-state index contributed by atoms with van der Waals surface area (Å²) in [6.07, 6.45) is 0.777. The summed E-state index contributed by atoms with van der Waals surface area (Å²) < 4.78 is 4.77. The van der Waals surface area contributed by atoms with Gasteiger partial charge in [0.2, 0.25) is 5.91 Å². The van der Waals surface area contributed by atoms with E-state index >= 15 is 0 Å². The minimum atomic E-state index is -0.615. The number of carbonyl (C=O) groups excluding carboxylic acids is 2. The Morgan fingerprint density at radius 3 is 2.36 bits per heavy atom. The average Bonchev–Trinajstić information content (AvgIpc) is 2.52. The predicted molar refractivity (Wildman–Crippen MR) is 90.2 cm³/mol. The highest BCUT2D eigenvalue weighted by atomic mass is 35.5. The number of rotatable bonds is 7. The third kappa shape index (κ3) is 5.54. The van der Waals surface area contributed by atoms with Crippen molar-refractivity contribution in [3.8, 4) is 0 Å². The highest BCUT2D eigenvalue weighted by Gasteiger charge is 2.28. The lowest BCUT2D eigenvalue weighted by Gasteiger charge is -2.23. The second kappa shape index (κ2) is 9.06. The van der Waals surface area contributed by atoms with Gasteiger partial charge < -0.3 is 10.1 Å². The maximum Gasteiger partial charge on any atom is 0.328 e. The summed E-state index contributed by atoms with van der Waals surface area (Å²) in [5.74, 6) is -0.578. The van der Waals surface area contributed by atoms with Crippen LogP contribution in [0.2, 0.25) is 5.02 Å². The van der Waals surface area contributed by atoms with E-state index in [1.807, 2.05) is 26.0 Å². The van der Waals surface area contributed by atoms with E-state index in [0.717, 1.165) is 11.3 Å². The van der Waals surface area contributed by atoms with Crippen molar-refractivity contribution in [1.82, 2.24) is 5.32 Å². The third-order valence-corrected chi connectivity index (χ3v) is 4.83. The SMILES string of the molecule is CCC(C)C(NC(=O)C(C)Sc1ccc(Cl)cc1)C(=O)OC. The van der Waals surface area contributed by atoms with Crippen LogP contribution in [0.4, 0.5) is 0 Å². The maximum atomic E-state index is 12.3. The van der Waals surface area contributed by atoms with Crippen molar-refractivity contribution in [2.45, 2.75) is 43.4 Å². The second-order valence-corrected chi connectivity index (χ2v) is 6.96. The molecule has 1 rings (SSSR count). The fourth-order valence-corrected chi connectivity index (χ4v) is 2.84. The Bertz CT molecular complexity index is 507.